The van der Waals surface area contributed by atoms with Crippen molar-refractivity contribution in [1.82, 2.24) is 0 Å². The van der Waals surface area contributed by atoms with E-state index in [1.165, 1.54) is 128 Å². The summed E-state index contributed by atoms with van der Waals surface area (Å²) in [5.74, 6) is 0. The molecule has 0 aliphatic rings. The van der Waals surface area contributed by atoms with Gasteiger partial charge in [0.05, 0.1) is 0 Å². The Morgan fingerprint density at radius 1 is 0.231 bits per heavy atom. The minimum atomic E-state index is 0. The molecule has 26 heavy (non-hydrogen) atoms. The molecular weight excluding hydrogens is 448 g/mol. The molecule has 0 N–H and O–H groups in total. The van der Waals surface area contributed by atoms with Crippen LogP contribution < -0.4 is 0 Å². The van der Waals surface area contributed by atoms with E-state index in [-0.39, 0.29) is 34.0 Å². The van der Waals surface area contributed by atoms with Crippen molar-refractivity contribution in [1.29, 1.82) is 0 Å². The van der Waals surface area contributed by atoms with Gasteiger partial charge in [0.15, 0.2) is 0 Å². The molecule has 2 heteroatoms. The number of hydrogen-bond donors (Lipinski definition) is 0. The van der Waals surface area contributed by atoms with Gasteiger partial charge in [0.1, 0.15) is 0 Å². The van der Waals surface area contributed by atoms with Crippen molar-refractivity contribution in [3.05, 3.63) is 0 Å². The largest absolute Gasteiger partial charge is 0.114 e. The highest BCUT2D eigenvalue weighted by Crippen LogP contribution is 2.10. The molecule has 0 spiro atoms. The molecule has 0 aromatic carbocycles. The number of hydrogen-bond acceptors (Lipinski definition) is 0. The molecule has 0 radical (unpaired) electrons. The maximum Gasteiger partial charge on any atom is -0.0533 e. The highest BCUT2D eigenvalue weighted by atomic mass is 79.9. The average Bonchev–Trinajstić information content (AvgIpc) is 2.60. The molecule has 0 bridgehead atoms. The van der Waals surface area contributed by atoms with E-state index in [0.29, 0.717) is 0 Å². The van der Waals surface area contributed by atoms with Gasteiger partial charge >= 0.3 is 0 Å². The van der Waals surface area contributed by atoms with Gasteiger partial charge in [0.2, 0.25) is 0 Å². The zero-order chi connectivity index (χ0) is 18.1. The summed E-state index contributed by atoms with van der Waals surface area (Å²) in [4.78, 5) is 0. The maximum absolute atomic E-state index is 2.28. The predicted octanol–water partition coefficient (Wildman–Crippen LogP) is 11.0. The van der Waals surface area contributed by atoms with Gasteiger partial charge in [-0.05, 0) is 0 Å². The fraction of sp³-hybridized carbons (Fsp3) is 1.00. The van der Waals surface area contributed by atoms with Crippen molar-refractivity contribution in [3.63, 3.8) is 0 Å². The van der Waals surface area contributed by atoms with E-state index in [2.05, 4.69) is 27.7 Å². The topological polar surface area (TPSA) is 0 Å². The third kappa shape index (κ3) is 39.9. The molecular formula is C24H54Br2. The number of unbranched alkanes of at least 4 members (excludes halogenated alkanes) is 18. The van der Waals surface area contributed by atoms with Crippen LogP contribution in [0.1, 0.15) is 156 Å². The summed E-state index contributed by atoms with van der Waals surface area (Å²) in [6.07, 6.45) is 28.9. The highest BCUT2D eigenvalue weighted by Gasteiger charge is 1.91. The van der Waals surface area contributed by atoms with Gasteiger partial charge in [-0.2, -0.15) is 0 Å². The van der Waals surface area contributed by atoms with Gasteiger partial charge < -0.3 is 0 Å². The Morgan fingerprint density at radius 2 is 0.346 bits per heavy atom. The Labute approximate surface area is 189 Å². The summed E-state index contributed by atoms with van der Waals surface area (Å²) < 4.78 is 0. The van der Waals surface area contributed by atoms with E-state index in [9.17, 15) is 0 Å². The van der Waals surface area contributed by atoms with Crippen LogP contribution in [0.4, 0.5) is 0 Å². The molecule has 0 atom stereocenters. The normalized spacial score (nSPS) is 9.69. The standard InChI is InChI=1S/2C12H26.2BrH/c2*1-3-5-7-9-11-12-10-8-6-4-2;;/h2*3-12H2,1-2H3;2*1H. The van der Waals surface area contributed by atoms with E-state index in [0.717, 1.165) is 0 Å². The SMILES string of the molecule is Br.Br.CCCCCCCCCCCC.CCCCCCCCCCCC. The van der Waals surface area contributed by atoms with Gasteiger partial charge in [-0.25, -0.2) is 0 Å². The third-order valence-corrected chi connectivity index (χ3v) is 4.91. The fourth-order valence-electron chi connectivity index (χ4n) is 3.12. The zero-order valence-corrected chi connectivity index (χ0v) is 22.4. The lowest BCUT2D eigenvalue weighted by Gasteiger charge is -1.99. The van der Waals surface area contributed by atoms with Crippen molar-refractivity contribution in [2.24, 2.45) is 0 Å². The second kappa shape index (κ2) is 36.8. The van der Waals surface area contributed by atoms with E-state index < -0.39 is 0 Å². The lowest BCUT2D eigenvalue weighted by molar-refractivity contribution is 0.562. The Morgan fingerprint density at radius 3 is 0.462 bits per heavy atom. The lowest BCUT2D eigenvalue weighted by atomic mass is 10.1. The van der Waals surface area contributed by atoms with E-state index in [4.69, 9.17) is 0 Å². The molecule has 164 valence electrons. The van der Waals surface area contributed by atoms with Crippen LogP contribution in [0.2, 0.25) is 0 Å². The zero-order valence-electron chi connectivity index (χ0n) is 19.0. The van der Waals surface area contributed by atoms with Crippen molar-refractivity contribution in [2.75, 3.05) is 0 Å². The summed E-state index contributed by atoms with van der Waals surface area (Å²) in [6.45, 7) is 9.12. The van der Waals surface area contributed by atoms with Crippen LogP contribution in [0.3, 0.4) is 0 Å². The van der Waals surface area contributed by atoms with Gasteiger partial charge in [0.25, 0.3) is 0 Å². The molecule has 0 fully saturated rings. The first-order chi connectivity index (χ1) is 11.8. The molecule has 0 aromatic rings. The monoisotopic (exact) mass is 500 g/mol. The van der Waals surface area contributed by atoms with Crippen LogP contribution in [-0.2, 0) is 0 Å². The van der Waals surface area contributed by atoms with Crippen LogP contribution in [0.15, 0.2) is 0 Å². The Kier molecular flexibility index (Phi) is 48.8. The van der Waals surface area contributed by atoms with Crippen LogP contribution in [0.25, 0.3) is 0 Å². The summed E-state index contributed by atoms with van der Waals surface area (Å²) >= 11 is 0. The summed E-state index contributed by atoms with van der Waals surface area (Å²) in [5.41, 5.74) is 0. The molecule has 0 saturated heterocycles. The first kappa shape index (κ1) is 34.5. The van der Waals surface area contributed by atoms with Gasteiger partial charge in [-0.3, -0.25) is 0 Å². The van der Waals surface area contributed by atoms with E-state index >= 15 is 0 Å². The number of halogens is 2. The summed E-state index contributed by atoms with van der Waals surface area (Å²) in [7, 11) is 0. The second-order valence-electron chi connectivity index (χ2n) is 7.66. The molecule has 0 aromatic heterocycles. The predicted molar refractivity (Wildman–Crippen MR) is 136 cm³/mol. The van der Waals surface area contributed by atoms with Gasteiger partial charge in [-0.15, -0.1) is 34.0 Å². The molecule has 0 amide bonds. The maximum atomic E-state index is 2.28. The van der Waals surface area contributed by atoms with Crippen LogP contribution in [0.5, 0.6) is 0 Å². The third-order valence-electron chi connectivity index (χ3n) is 4.91. The smallest absolute Gasteiger partial charge is 0.0533 e. The molecule has 0 aliphatic heterocycles. The highest BCUT2D eigenvalue weighted by molar-refractivity contribution is 8.93. The molecule has 0 aliphatic carbocycles. The summed E-state index contributed by atoms with van der Waals surface area (Å²) in [6, 6.07) is 0. The lowest BCUT2D eigenvalue weighted by Crippen LogP contribution is -1.80. The van der Waals surface area contributed by atoms with Crippen molar-refractivity contribution < 1.29 is 0 Å². The van der Waals surface area contributed by atoms with Crippen molar-refractivity contribution in [2.45, 2.75) is 156 Å². The summed E-state index contributed by atoms with van der Waals surface area (Å²) in [5, 5.41) is 0. The minimum Gasteiger partial charge on any atom is -0.114 e. The molecule has 0 rings (SSSR count). The Bertz CT molecular complexity index is 143. The first-order valence-corrected chi connectivity index (χ1v) is 11.8. The van der Waals surface area contributed by atoms with Crippen LogP contribution >= 0.6 is 34.0 Å². The van der Waals surface area contributed by atoms with Crippen molar-refractivity contribution in [3.8, 4) is 0 Å². The Hall–Kier alpha value is 0.960. The van der Waals surface area contributed by atoms with E-state index in [1.54, 1.807) is 0 Å². The molecule has 0 heterocycles. The fourth-order valence-corrected chi connectivity index (χ4v) is 3.12. The molecule has 0 unspecified atom stereocenters. The number of rotatable bonds is 18. The van der Waals surface area contributed by atoms with Gasteiger partial charge in [0, 0.05) is 0 Å². The average molecular weight is 503 g/mol. The Balaban J connectivity index is -0.000000173. The molecule has 0 nitrogen and oxygen atoms in total. The minimum absolute atomic E-state index is 0. The van der Waals surface area contributed by atoms with Crippen LogP contribution in [-0.4, -0.2) is 0 Å². The quantitative estimate of drug-likeness (QED) is 0.164. The molecule has 0 saturated carbocycles. The van der Waals surface area contributed by atoms with Crippen molar-refractivity contribution >= 4 is 34.0 Å². The van der Waals surface area contributed by atoms with Gasteiger partial charge in [-0.1, -0.05) is 156 Å². The van der Waals surface area contributed by atoms with E-state index in [1.807, 2.05) is 0 Å². The second-order valence-corrected chi connectivity index (χ2v) is 7.66. The van der Waals surface area contributed by atoms with Crippen LogP contribution in [0, 0.1) is 0 Å². The first-order valence-electron chi connectivity index (χ1n) is 11.8.